The molecule has 0 radical (unpaired) electrons. The van der Waals surface area contributed by atoms with Crippen LogP contribution < -0.4 is 0 Å². The van der Waals surface area contributed by atoms with Gasteiger partial charge in [-0.1, -0.05) is 40.7 Å². The van der Waals surface area contributed by atoms with Gasteiger partial charge < -0.3 is 0 Å². The summed E-state index contributed by atoms with van der Waals surface area (Å²) in [5.41, 5.74) is 2.99. The van der Waals surface area contributed by atoms with Crippen LogP contribution in [0.5, 0.6) is 0 Å². The third kappa shape index (κ3) is 3.65. The summed E-state index contributed by atoms with van der Waals surface area (Å²) in [6.07, 6.45) is 3.19. The fourth-order valence-electron chi connectivity index (χ4n) is 2.30. The highest BCUT2D eigenvalue weighted by atomic mass is 14.7. The van der Waals surface area contributed by atoms with Gasteiger partial charge >= 0.3 is 0 Å². The number of hydrogen-bond donors (Lipinski definition) is 0. The second kappa shape index (κ2) is 3.96. The lowest BCUT2D eigenvalue weighted by molar-refractivity contribution is 0.283. The van der Waals surface area contributed by atoms with E-state index in [2.05, 4.69) is 51.7 Å². The van der Waals surface area contributed by atoms with Crippen LogP contribution in [0.15, 0.2) is 18.3 Å². The Morgan fingerprint density at radius 3 is 2.07 bits per heavy atom. The summed E-state index contributed by atoms with van der Waals surface area (Å²) in [7, 11) is 0. The number of nitrogens with zero attached hydrogens (tertiary/aromatic N) is 1. The normalized spacial score (nSPS) is 12.9. The van der Waals surface area contributed by atoms with Crippen molar-refractivity contribution < 1.29 is 0 Å². The maximum atomic E-state index is 4.38. The molecule has 1 rings (SSSR count). The molecular weight excluding hydrogens is 182 g/mol. The molecule has 0 spiro atoms. The SMILES string of the molecule is Cc1ccc(C(C)(C)CC(C)(C)C)cn1. The van der Waals surface area contributed by atoms with Gasteiger partial charge in [0.15, 0.2) is 0 Å². The van der Waals surface area contributed by atoms with Crippen molar-refractivity contribution in [3.05, 3.63) is 29.6 Å². The maximum Gasteiger partial charge on any atom is 0.0372 e. The van der Waals surface area contributed by atoms with E-state index in [-0.39, 0.29) is 5.41 Å². The predicted molar refractivity (Wildman–Crippen MR) is 66.1 cm³/mol. The summed E-state index contributed by atoms with van der Waals surface area (Å²) in [5, 5.41) is 0. The topological polar surface area (TPSA) is 12.9 Å². The van der Waals surface area contributed by atoms with Crippen LogP contribution in [0.25, 0.3) is 0 Å². The molecule has 0 aliphatic rings. The van der Waals surface area contributed by atoms with E-state index in [9.17, 15) is 0 Å². The minimum atomic E-state index is 0.207. The van der Waals surface area contributed by atoms with E-state index < -0.39 is 0 Å². The van der Waals surface area contributed by atoms with Crippen molar-refractivity contribution in [1.82, 2.24) is 4.98 Å². The van der Waals surface area contributed by atoms with Gasteiger partial charge in [-0.3, -0.25) is 4.98 Å². The maximum absolute atomic E-state index is 4.38. The van der Waals surface area contributed by atoms with E-state index in [1.807, 2.05) is 13.1 Å². The molecule has 1 aromatic rings. The largest absolute Gasteiger partial charge is 0.261 e. The van der Waals surface area contributed by atoms with Crippen molar-refractivity contribution in [1.29, 1.82) is 0 Å². The van der Waals surface area contributed by atoms with E-state index >= 15 is 0 Å². The van der Waals surface area contributed by atoms with Gasteiger partial charge in [-0.05, 0) is 35.8 Å². The Morgan fingerprint density at radius 2 is 1.67 bits per heavy atom. The van der Waals surface area contributed by atoms with Crippen LogP contribution in [0.2, 0.25) is 0 Å². The first-order chi connectivity index (χ1) is 6.71. The number of aromatic nitrogens is 1. The smallest absolute Gasteiger partial charge is 0.0372 e. The molecule has 0 saturated carbocycles. The Morgan fingerprint density at radius 1 is 1.07 bits per heavy atom. The average Bonchev–Trinajstić information content (AvgIpc) is 2.00. The van der Waals surface area contributed by atoms with Gasteiger partial charge in [0.05, 0.1) is 0 Å². The zero-order chi connectivity index (χ0) is 11.7. The molecule has 15 heavy (non-hydrogen) atoms. The molecule has 1 heteroatoms. The molecule has 0 aliphatic heterocycles. The first-order valence-electron chi connectivity index (χ1n) is 5.64. The molecule has 0 fully saturated rings. The average molecular weight is 205 g/mol. The van der Waals surface area contributed by atoms with Crippen LogP contribution in [-0.2, 0) is 5.41 Å². The molecule has 0 saturated heterocycles. The van der Waals surface area contributed by atoms with Gasteiger partial charge in [-0.25, -0.2) is 0 Å². The van der Waals surface area contributed by atoms with Crippen LogP contribution in [-0.4, -0.2) is 4.98 Å². The molecule has 84 valence electrons. The molecule has 0 unspecified atom stereocenters. The Bertz CT molecular complexity index is 314. The number of hydrogen-bond acceptors (Lipinski definition) is 1. The molecule has 0 N–H and O–H groups in total. The molecule has 1 aromatic heterocycles. The third-order valence-electron chi connectivity index (χ3n) is 2.67. The van der Waals surface area contributed by atoms with E-state index in [1.165, 1.54) is 12.0 Å². The Kier molecular flexibility index (Phi) is 3.22. The van der Waals surface area contributed by atoms with Crippen LogP contribution >= 0.6 is 0 Å². The standard InChI is InChI=1S/C14H23N/c1-11-7-8-12(9-15-11)14(5,6)10-13(2,3)4/h7-9H,10H2,1-6H3. The second-order valence-corrected chi connectivity index (χ2v) is 6.31. The molecule has 1 nitrogen and oxygen atoms in total. The van der Waals surface area contributed by atoms with E-state index in [0.717, 1.165) is 5.69 Å². The molecule has 0 amide bonds. The summed E-state index contributed by atoms with van der Waals surface area (Å²) in [5.74, 6) is 0. The van der Waals surface area contributed by atoms with Crippen molar-refractivity contribution >= 4 is 0 Å². The molecular formula is C14H23N. The van der Waals surface area contributed by atoms with Crippen LogP contribution in [0.3, 0.4) is 0 Å². The quantitative estimate of drug-likeness (QED) is 0.708. The highest BCUT2D eigenvalue weighted by Gasteiger charge is 2.27. The zero-order valence-corrected chi connectivity index (χ0v) is 10.9. The Balaban J connectivity index is 2.90. The number of pyridine rings is 1. The number of aryl methyl sites for hydroxylation is 1. The monoisotopic (exact) mass is 205 g/mol. The van der Waals surface area contributed by atoms with Gasteiger partial charge in [0, 0.05) is 11.9 Å². The minimum Gasteiger partial charge on any atom is -0.261 e. The van der Waals surface area contributed by atoms with Gasteiger partial charge in [-0.15, -0.1) is 0 Å². The summed E-state index contributed by atoms with van der Waals surface area (Å²) >= 11 is 0. The summed E-state index contributed by atoms with van der Waals surface area (Å²) < 4.78 is 0. The summed E-state index contributed by atoms with van der Waals surface area (Å²) in [4.78, 5) is 4.38. The van der Waals surface area contributed by atoms with Crippen LogP contribution in [0, 0.1) is 12.3 Å². The van der Waals surface area contributed by atoms with Crippen molar-refractivity contribution in [2.75, 3.05) is 0 Å². The van der Waals surface area contributed by atoms with Crippen molar-refractivity contribution in [2.24, 2.45) is 5.41 Å². The van der Waals surface area contributed by atoms with Gasteiger partial charge in [0.25, 0.3) is 0 Å². The van der Waals surface area contributed by atoms with E-state index in [4.69, 9.17) is 0 Å². The lowest BCUT2D eigenvalue weighted by atomic mass is 9.73. The highest BCUT2D eigenvalue weighted by Crippen LogP contribution is 2.35. The molecule has 0 bridgehead atoms. The fourth-order valence-corrected chi connectivity index (χ4v) is 2.30. The van der Waals surface area contributed by atoms with Crippen molar-refractivity contribution in [2.45, 2.75) is 53.4 Å². The third-order valence-corrected chi connectivity index (χ3v) is 2.67. The van der Waals surface area contributed by atoms with Crippen LogP contribution in [0.1, 0.15) is 52.3 Å². The van der Waals surface area contributed by atoms with E-state index in [0.29, 0.717) is 5.41 Å². The summed E-state index contributed by atoms with van der Waals surface area (Å²) in [6, 6.07) is 4.30. The second-order valence-electron chi connectivity index (χ2n) is 6.31. The van der Waals surface area contributed by atoms with Gasteiger partial charge in [0.1, 0.15) is 0 Å². The van der Waals surface area contributed by atoms with E-state index in [1.54, 1.807) is 0 Å². The first kappa shape index (κ1) is 12.2. The first-order valence-corrected chi connectivity index (χ1v) is 5.64. The van der Waals surface area contributed by atoms with Crippen molar-refractivity contribution in [3.8, 4) is 0 Å². The van der Waals surface area contributed by atoms with Gasteiger partial charge in [-0.2, -0.15) is 0 Å². The molecule has 0 atom stereocenters. The lowest BCUT2D eigenvalue weighted by Crippen LogP contribution is -2.24. The lowest BCUT2D eigenvalue weighted by Gasteiger charge is -2.32. The molecule has 0 aliphatic carbocycles. The molecule has 0 aromatic carbocycles. The van der Waals surface area contributed by atoms with Crippen LogP contribution in [0.4, 0.5) is 0 Å². The minimum absolute atomic E-state index is 0.207. The Labute approximate surface area is 93.9 Å². The highest BCUT2D eigenvalue weighted by molar-refractivity contribution is 5.22. The zero-order valence-electron chi connectivity index (χ0n) is 10.9. The summed E-state index contributed by atoms with van der Waals surface area (Å²) in [6.45, 7) is 13.5. The predicted octanol–water partition coefficient (Wildman–Crippen LogP) is 4.10. The number of rotatable bonds is 2. The van der Waals surface area contributed by atoms with Gasteiger partial charge in [0.2, 0.25) is 0 Å². The molecule has 1 heterocycles. The fraction of sp³-hybridized carbons (Fsp3) is 0.643. The Hall–Kier alpha value is -0.850. The van der Waals surface area contributed by atoms with Crippen molar-refractivity contribution in [3.63, 3.8) is 0 Å².